The Bertz CT molecular complexity index is 760. The van der Waals surface area contributed by atoms with Crippen LogP contribution in [0, 0.1) is 0 Å². The minimum absolute atomic E-state index is 0.0161. The lowest BCUT2D eigenvalue weighted by atomic mass is 9.98. The lowest BCUT2D eigenvalue weighted by molar-refractivity contribution is -0.137. The minimum atomic E-state index is -0.946. The summed E-state index contributed by atoms with van der Waals surface area (Å²) in [6.45, 7) is 0.534. The first-order valence-corrected chi connectivity index (χ1v) is 8.62. The second-order valence-electron chi connectivity index (χ2n) is 6.40. The lowest BCUT2D eigenvalue weighted by Gasteiger charge is -2.15. The number of benzene rings is 2. The van der Waals surface area contributed by atoms with Gasteiger partial charge < -0.3 is 20.9 Å². The molecule has 6 heteroatoms. The highest BCUT2D eigenvalue weighted by Crippen LogP contribution is 2.44. The highest BCUT2D eigenvalue weighted by molar-refractivity contribution is 5.79. The van der Waals surface area contributed by atoms with Gasteiger partial charge in [-0.25, -0.2) is 4.79 Å². The van der Waals surface area contributed by atoms with Gasteiger partial charge in [0.1, 0.15) is 6.61 Å². The third-order valence-electron chi connectivity index (χ3n) is 4.56. The number of amides is 1. The molecule has 3 rings (SSSR count). The molecule has 1 amide bonds. The molecular formula is C20H22N2O4. The molecule has 136 valence electrons. The molecule has 0 fully saturated rings. The van der Waals surface area contributed by atoms with Gasteiger partial charge in [0.25, 0.3) is 0 Å². The van der Waals surface area contributed by atoms with Gasteiger partial charge in [0.2, 0.25) is 0 Å². The van der Waals surface area contributed by atoms with E-state index < -0.39 is 18.1 Å². The van der Waals surface area contributed by atoms with Crippen molar-refractivity contribution >= 4 is 12.1 Å². The van der Waals surface area contributed by atoms with Gasteiger partial charge in [-0.05, 0) is 28.7 Å². The molecule has 1 aliphatic carbocycles. The Morgan fingerprint density at radius 2 is 1.65 bits per heavy atom. The van der Waals surface area contributed by atoms with Gasteiger partial charge in [-0.1, -0.05) is 48.5 Å². The minimum Gasteiger partial charge on any atom is -0.481 e. The molecule has 0 radical (unpaired) electrons. The van der Waals surface area contributed by atoms with Gasteiger partial charge in [0.15, 0.2) is 0 Å². The van der Waals surface area contributed by atoms with Crippen molar-refractivity contribution in [1.29, 1.82) is 0 Å². The lowest BCUT2D eigenvalue weighted by Crippen LogP contribution is -2.32. The van der Waals surface area contributed by atoms with E-state index >= 15 is 0 Å². The van der Waals surface area contributed by atoms with E-state index in [0.29, 0.717) is 6.42 Å². The summed E-state index contributed by atoms with van der Waals surface area (Å²) >= 11 is 0. The number of fused-ring (bicyclic) bond motifs is 3. The average Bonchev–Trinajstić information content (AvgIpc) is 2.93. The van der Waals surface area contributed by atoms with Crippen molar-refractivity contribution in [2.75, 3.05) is 13.2 Å². The topological polar surface area (TPSA) is 102 Å². The Morgan fingerprint density at radius 1 is 1.08 bits per heavy atom. The Labute approximate surface area is 152 Å². The van der Waals surface area contributed by atoms with Crippen LogP contribution < -0.4 is 11.1 Å². The zero-order valence-electron chi connectivity index (χ0n) is 14.4. The van der Waals surface area contributed by atoms with Crippen molar-refractivity contribution in [3.63, 3.8) is 0 Å². The van der Waals surface area contributed by atoms with Crippen LogP contribution in [-0.4, -0.2) is 36.4 Å². The Kier molecular flexibility index (Phi) is 5.53. The first kappa shape index (κ1) is 17.9. The first-order chi connectivity index (χ1) is 12.6. The SMILES string of the molecule is NC(CCNC(=O)OCC1c2ccccc2-c2ccccc21)CC(=O)O. The van der Waals surface area contributed by atoms with E-state index in [1.165, 1.54) is 11.1 Å². The van der Waals surface area contributed by atoms with Crippen molar-refractivity contribution in [2.45, 2.75) is 24.8 Å². The van der Waals surface area contributed by atoms with Gasteiger partial charge in [-0.2, -0.15) is 0 Å². The second-order valence-corrected chi connectivity index (χ2v) is 6.40. The van der Waals surface area contributed by atoms with Crippen LogP contribution in [0.3, 0.4) is 0 Å². The van der Waals surface area contributed by atoms with E-state index in [-0.39, 0.29) is 25.5 Å². The van der Waals surface area contributed by atoms with E-state index in [1.54, 1.807) is 0 Å². The van der Waals surface area contributed by atoms with Crippen LogP contribution in [0.4, 0.5) is 4.79 Å². The molecule has 2 aromatic carbocycles. The second kappa shape index (κ2) is 8.01. The summed E-state index contributed by atoms with van der Waals surface area (Å²) in [6.07, 6.45) is -0.252. The Balaban J connectivity index is 1.55. The summed E-state index contributed by atoms with van der Waals surface area (Å²) in [7, 11) is 0. The predicted octanol–water partition coefficient (Wildman–Crippen LogP) is 2.72. The Hall–Kier alpha value is -2.86. The van der Waals surface area contributed by atoms with E-state index in [0.717, 1.165) is 11.1 Å². The van der Waals surface area contributed by atoms with Crippen LogP contribution in [0.25, 0.3) is 11.1 Å². The van der Waals surface area contributed by atoms with E-state index in [1.807, 2.05) is 24.3 Å². The first-order valence-electron chi connectivity index (χ1n) is 8.62. The van der Waals surface area contributed by atoms with Gasteiger partial charge in [-0.3, -0.25) is 4.79 Å². The normalized spacial score (nSPS) is 13.6. The fourth-order valence-corrected chi connectivity index (χ4v) is 3.34. The standard InChI is InChI=1S/C20H22N2O4/c21-13(11-19(23)24)9-10-22-20(25)26-12-18-16-7-3-1-5-14(16)15-6-2-4-8-17(15)18/h1-8,13,18H,9-12,21H2,(H,22,25)(H,23,24). The maximum Gasteiger partial charge on any atom is 0.407 e. The maximum absolute atomic E-state index is 11.9. The number of hydrogen-bond acceptors (Lipinski definition) is 4. The van der Waals surface area contributed by atoms with Crippen LogP contribution in [0.1, 0.15) is 29.9 Å². The van der Waals surface area contributed by atoms with Crippen molar-refractivity contribution < 1.29 is 19.4 Å². The third-order valence-corrected chi connectivity index (χ3v) is 4.56. The number of carboxylic acid groups (broad SMARTS) is 1. The van der Waals surface area contributed by atoms with Crippen molar-refractivity contribution in [3.05, 3.63) is 59.7 Å². The molecule has 1 atom stereocenters. The smallest absolute Gasteiger partial charge is 0.407 e. The highest BCUT2D eigenvalue weighted by Gasteiger charge is 2.28. The third kappa shape index (κ3) is 4.03. The quantitative estimate of drug-likeness (QED) is 0.710. The number of nitrogens with one attached hydrogen (secondary N) is 1. The largest absolute Gasteiger partial charge is 0.481 e. The molecule has 6 nitrogen and oxygen atoms in total. The van der Waals surface area contributed by atoms with E-state index in [9.17, 15) is 9.59 Å². The summed E-state index contributed by atoms with van der Waals surface area (Å²) in [5, 5.41) is 11.3. The molecule has 26 heavy (non-hydrogen) atoms. The number of nitrogens with two attached hydrogens (primary N) is 1. The van der Waals surface area contributed by atoms with E-state index in [2.05, 4.69) is 29.6 Å². The number of alkyl carbamates (subject to hydrolysis) is 1. The van der Waals surface area contributed by atoms with E-state index in [4.69, 9.17) is 15.6 Å². The number of ether oxygens (including phenoxy) is 1. The number of hydrogen-bond donors (Lipinski definition) is 3. The highest BCUT2D eigenvalue weighted by atomic mass is 16.5. The molecule has 1 unspecified atom stereocenters. The van der Waals surface area contributed by atoms with Crippen molar-refractivity contribution in [2.24, 2.45) is 5.73 Å². The molecule has 0 aromatic heterocycles. The molecule has 0 saturated heterocycles. The van der Waals surface area contributed by atoms with Crippen molar-refractivity contribution in [1.82, 2.24) is 5.32 Å². The van der Waals surface area contributed by atoms with Crippen LogP contribution in [-0.2, 0) is 9.53 Å². The average molecular weight is 354 g/mol. The summed E-state index contributed by atoms with van der Waals surface area (Å²) in [5.74, 6) is -0.930. The molecule has 4 N–H and O–H groups in total. The number of rotatable bonds is 7. The predicted molar refractivity (Wildman–Crippen MR) is 97.9 cm³/mol. The molecule has 0 saturated carbocycles. The summed E-state index contributed by atoms with van der Waals surface area (Å²) < 4.78 is 5.40. The zero-order valence-corrected chi connectivity index (χ0v) is 14.4. The number of carbonyl (C=O) groups excluding carboxylic acids is 1. The van der Waals surface area contributed by atoms with Crippen LogP contribution in [0.15, 0.2) is 48.5 Å². The number of aliphatic carboxylic acids is 1. The monoisotopic (exact) mass is 354 g/mol. The molecule has 0 spiro atoms. The molecular weight excluding hydrogens is 332 g/mol. The van der Waals surface area contributed by atoms with Gasteiger partial charge in [-0.15, -0.1) is 0 Å². The summed E-state index contributed by atoms with van der Waals surface area (Å²) in [5.41, 5.74) is 10.3. The fraction of sp³-hybridized carbons (Fsp3) is 0.300. The van der Waals surface area contributed by atoms with Gasteiger partial charge in [0.05, 0.1) is 6.42 Å². The zero-order chi connectivity index (χ0) is 18.5. The van der Waals surface area contributed by atoms with Crippen LogP contribution in [0.5, 0.6) is 0 Å². The number of carboxylic acids is 1. The summed E-state index contributed by atoms with van der Waals surface area (Å²) in [6, 6.07) is 15.8. The number of carbonyl (C=O) groups is 2. The van der Waals surface area contributed by atoms with Gasteiger partial charge in [0, 0.05) is 18.5 Å². The molecule has 1 aliphatic rings. The van der Waals surface area contributed by atoms with Crippen LogP contribution >= 0.6 is 0 Å². The molecule has 0 heterocycles. The summed E-state index contributed by atoms with van der Waals surface area (Å²) in [4.78, 5) is 22.5. The van der Waals surface area contributed by atoms with Crippen LogP contribution in [0.2, 0.25) is 0 Å². The molecule has 0 aliphatic heterocycles. The Morgan fingerprint density at radius 3 is 2.23 bits per heavy atom. The van der Waals surface area contributed by atoms with Gasteiger partial charge >= 0.3 is 12.1 Å². The van der Waals surface area contributed by atoms with Crippen molar-refractivity contribution in [3.8, 4) is 11.1 Å². The molecule has 2 aromatic rings. The molecule has 0 bridgehead atoms. The fourth-order valence-electron chi connectivity index (χ4n) is 3.34. The maximum atomic E-state index is 11.9.